The van der Waals surface area contributed by atoms with Gasteiger partial charge in [-0.25, -0.2) is 13.1 Å². The maximum absolute atomic E-state index is 12.1. The first-order valence-electron chi connectivity index (χ1n) is 7.27. The van der Waals surface area contributed by atoms with Gasteiger partial charge in [0, 0.05) is 31.6 Å². The molecule has 9 heteroatoms. The van der Waals surface area contributed by atoms with Crippen LogP contribution in [0.5, 0.6) is 0 Å². The van der Waals surface area contributed by atoms with E-state index in [1.807, 2.05) is 20.8 Å². The third kappa shape index (κ3) is 4.14. The fourth-order valence-corrected chi connectivity index (χ4v) is 2.80. The van der Waals surface area contributed by atoms with Crippen molar-refractivity contribution < 1.29 is 12.9 Å². The Morgan fingerprint density at radius 3 is 2.82 bits per heavy atom. The molecular weight excluding hydrogens is 306 g/mol. The maximum atomic E-state index is 12.1. The molecule has 0 aliphatic rings. The minimum Gasteiger partial charge on any atom is -0.339 e. The highest BCUT2D eigenvalue weighted by Crippen LogP contribution is 2.11. The molecule has 0 aromatic carbocycles. The third-order valence-electron chi connectivity index (χ3n) is 2.99. The average Bonchev–Trinajstić information content (AvgIpc) is 3.08. The summed E-state index contributed by atoms with van der Waals surface area (Å²) >= 11 is 0. The molecule has 0 atom stereocenters. The molecule has 2 heterocycles. The summed E-state index contributed by atoms with van der Waals surface area (Å²) in [5.74, 6) is 1.20. The van der Waals surface area contributed by atoms with Crippen LogP contribution in [0.25, 0.3) is 0 Å². The van der Waals surface area contributed by atoms with Gasteiger partial charge in [-0.15, -0.1) is 0 Å². The predicted molar refractivity (Wildman–Crippen MR) is 79.8 cm³/mol. The van der Waals surface area contributed by atoms with E-state index < -0.39 is 10.0 Å². The summed E-state index contributed by atoms with van der Waals surface area (Å²) in [6, 6.07) is 0. The quantitative estimate of drug-likeness (QED) is 0.784. The van der Waals surface area contributed by atoms with Crippen molar-refractivity contribution in [3.8, 4) is 0 Å². The Morgan fingerprint density at radius 1 is 1.41 bits per heavy atom. The van der Waals surface area contributed by atoms with Crippen molar-refractivity contribution in [2.75, 3.05) is 6.54 Å². The van der Waals surface area contributed by atoms with Crippen molar-refractivity contribution in [3.63, 3.8) is 0 Å². The molecule has 0 bridgehead atoms. The van der Waals surface area contributed by atoms with Crippen molar-refractivity contribution >= 4 is 10.0 Å². The maximum Gasteiger partial charge on any atom is 0.243 e. The molecule has 22 heavy (non-hydrogen) atoms. The Bertz CT molecular complexity index is 705. The average molecular weight is 327 g/mol. The zero-order valence-corrected chi connectivity index (χ0v) is 13.8. The molecule has 8 nitrogen and oxygen atoms in total. The van der Waals surface area contributed by atoms with Crippen LogP contribution >= 0.6 is 0 Å². The molecule has 0 saturated heterocycles. The summed E-state index contributed by atoms with van der Waals surface area (Å²) in [6.45, 7) is 6.81. The minimum absolute atomic E-state index is 0.155. The van der Waals surface area contributed by atoms with E-state index in [-0.39, 0.29) is 17.4 Å². The number of sulfonamides is 1. The third-order valence-corrected chi connectivity index (χ3v) is 4.41. The lowest BCUT2D eigenvalue weighted by Crippen LogP contribution is -2.26. The second-order valence-corrected chi connectivity index (χ2v) is 7.06. The van der Waals surface area contributed by atoms with Gasteiger partial charge in [0.1, 0.15) is 4.90 Å². The van der Waals surface area contributed by atoms with Gasteiger partial charge in [0.15, 0.2) is 5.82 Å². The van der Waals surface area contributed by atoms with Crippen molar-refractivity contribution in [2.45, 2.75) is 51.0 Å². The highest BCUT2D eigenvalue weighted by atomic mass is 32.2. The summed E-state index contributed by atoms with van der Waals surface area (Å²) in [5.41, 5.74) is 0. The van der Waals surface area contributed by atoms with Gasteiger partial charge in [0.25, 0.3) is 0 Å². The van der Waals surface area contributed by atoms with E-state index >= 15 is 0 Å². The number of rotatable bonds is 8. The van der Waals surface area contributed by atoms with E-state index in [0.29, 0.717) is 24.7 Å². The lowest BCUT2D eigenvalue weighted by Gasteiger charge is -2.02. The van der Waals surface area contributed by atoms with Crippen molar-refractivity contribution in [1.29, 1.82) is 0 Å². The number of nitrogens with one attached hydrogen (secondary N) is 1. The fraction of sp³-hybridized carbons (Fsp3) is 0.615. The summed E-state index contributed by atoms with van der Waals surface area (Å²) in [7, 11) is -3.56. The van der Waals surface area contributed by atoms with Gasteiger partial charge in [0.05, 0.1) is 6.20 Å². The smallest absolute Gasteiger partial charge is 0.243 e. The van der Waals surface area contributed by atoms with Gasteiger partial charge in [-0.2, -0.15) is 10.1 Å². The second-order valence-electron chi connectivity index (χ2n) is 5.29. The Balaban J connectivity index is 1.91. The summed E-state index contributed by atoms with van der Waals surface area (Å²) in [4.78, 5) is 4.37. The van der Waals surface area contributed by atoms with Gasteiger partial charge in [0.2, 0.25) is 15.9 Å². The van der Waals surface area contributed by atoms with Crippen LogP contribution in [0.4, 0.5) is 0 Å². The highest BCUT2D eigenvalue weighted by molar-refractivity contribution is 7.89. The van der Waals surface area contributed by atoms with Crippen molar-refractivity contribution in [2.24, 2.45) is 0 Å². The SMILES string of the molecule is CCCn1cc(S(=O)(=O)NCCc2noc(C(C)C)n2)cn1. The van der Waals surface area contributed by atoms with Gasteiger partial charge < -0.3 is 4.52 Å². The van der Waals surface area contributed by atoms with Gasteiger partial charge in [-0.1, -0.05) is 25.9 Å². The first-order valence-corrected chi connectivity index (χ1v) is 8.75. The monoisotopic (exact) mass is 327 g/mol. The molecule has 2 aromatic heterocycles. The van der Waals surface area contributed by atoms with Gasteiger partial charge in [-0.3, -0.25) is 4.68 Å². The van der Waals surface area contributed by atoms with Crippen LogP contribution in [0.2, 0.25) is 0 Å². The Labute approximate surface area is 130 Å². The van der Waals surface area contributed by atoms with Crippen LogP contribution < -0.4 is 4.72 Å². The lowest BCUT2D eigenvalue weighted by atomic mass is 10.2. The molecule has 0 radical (unpaired) electrons. The van der Waals surface area contributed by atoms with E-state index in [4.69, 9.17) is 4.52 Å². The molecule has 0 unspecified atom stereocenters. The number of nitrogens with zero attached hydrogens (tertiary/aromatic N) is 4. The van der Waals surface area contributed by atoms with Gasteiger partial charge >= 0.3 is 0 Å². The Morgan fingerprint density at radius 2 is 2.18 bits per heavy atom. The minimum atomic E-state index is -3.56. The first-order chi connectivity index (χ1) is 10.4. The molecule has 0 aliphatic carbocycles. The van der Waals surface area contributed by atoms with Crippen LogP contribution in [0.15, 0.2) is 21.8 Å². The normalized spacial score (nSPS) is 12.2. The zero-order chi connectivity index (χ0) is 16.2. The number of hydrogen-bond acceptors (Lipinski definition) is 6. The summed E-state index contributed by atoms with van der Waals surface area (Å²) in [6.07, 6.45) is 4.14. The van der Waals surface area contributed by atoms with E-state index in [9.17, 15) is 8.42 Å². The summed E-state index contributed by atoms with van der Waals surface area (Å²) in [5, 5.41) is 7.84. The molecule has 2 rings (SSSR count). The molecule has 0 spiro atoms. The fourth-order valence-electron chi connectivity index (χ4n) is 1.82. The standard InChI is InChI=1S/C13H21N5O3S/c1-4-7-18-9-11(8-14-18)22(19,20)15-6-5-12-16-13(10(2)3)21-17-12/h8-10,15H,4-7H2,1-3H3. The molecule has 0 fully saturated rings. The molecule has 1 N–H and O–H groups in total. The second kappa shape index (κ2) is 7.01. The topological polar surface area (TPSA) is 103 Å². The van der Waals surface area contributed by atoms with Crippen LogP contribution in [0, 0.1) is 0 Å². The number of aromatic nitrogens is 4. The van der Waals surface area contributed by atoms with E-state index in [1.54, 1.807) is 4.68 Å². The molecular formula is C13H21N5O3S. The summed E-state index contributed by atoms with van der Waals surface area (Å²) < 4.78 is 33.5. The van der Waals surface area contributed by atoms with E-state index in [2.05, 4.69) is 20.0 Å². The first kappa shape index (κ1) is 16.6. The zero-order valence-electron chi connectivity index (χ0n) is 13.0. The van der Waals surface area contributed by atoms with E-state index in [1.165, 1.54) is 12.4 Å². The van der Waals surface area contributed by atoms with E-state index in [0.717, 1.165) is 6.42 Å². The Hall–Kier alpha value is -1.74. The Kier molecular flexibility index (Phi) is 5.30. The van der Waals surface area contributed by atoms with Crippen molar-refractivity contribution in [3.05, 3.63) is 24.1 Å². The predicted octanol–water partition coefficient (Wildman–Crippen LogP) is 1.32. The van der Waals surface area contributed by atoms with Crippen LogP contribution in [-0.4, -0.2) is 34.9 Å². The highest BCUT2D eigenvalue weighted by Gasteiger charge is 2.17. The molecule has 122 valence electrons. The largest absolute Gasteiger partial charge is 0.339 e. The number of aryl methyl sites for hydroxylation is 1. The molecule has 0 aliphatic heterocycles. The van der Waals surface area contributed by atoms with Crippen LogP contribution in [-0.2, 0) is 23.0 Å². The molecule has 2 aromatic rings. The number of hydrogen-bond donors (Lipinski definition) is 1. The molecule has 0 amide bonds. The van der Waals surface area contributed by atoms with Crippen LogP contribution in [0.3, 0.4) is 0 Å². The lowest BCUT2D eigenvalue weighted by molar-refractivity contribution is 0.360. The van der Waals surface area contributed by atoms with Gasteiger partial charge in [-0.05, 0) is 6.42 Å². The molecule has 0 saturated carbocycles. The van der Waals surface area contributed by atoms with Crippen molar-refractivity contribution in [1.82, 2.24) is 24.6 Å². The van der Waals surface area contributed by atoms with Crippen LogP contribution in [0.1, 0.15) is 44.8 Å².